The minimum absolute atomic E-state index is 0.327. The molecule has 1 fully saturated rings. The highest BCUT2D eigenvalue weighted by molar-refractivity contribution is 5.88. The summed E-state index contributed by atoms with van der Waals surface area (Å²) >= 11 is 0. The number of piperidine rings is 1. The molecule has 0 radical (unpaired) electrons. The minimum atomic E-state index is -0.646. The minimum Gasteiger partial charge on any atom is -0.443 e. The molecule has 0 aliphatic carbocycles. The highest BCUT2D eigenvalue weighted by atomic mass is 16.6. The molecule has 1 N–H and O–H groups in total. The zero-order valence-corrected chi connectivity index (χ0v) is 16.1. The van der Waals surface area contributed by atoms with Crippen molar-refractivity contribution in [3.05, 3.63) is 0 Å². The molecule has 1 aliphatic heterocycles. The average Bonchev–Trinajstić information content (AvgIpc) is 2.40. The van der Waals surface area contributed by atoms with Crippen LogP contribution in [0.1, 0.15) is 67.2 Å². The molecule has 0 bridgehead atoms. The number of nitrogens with zero attached hydrogens (tertiary/aromatic N) is 1. The number of ether oxygens (including phenoxy) is 2. The topological polar surface area (TPSA) is 67.9 Å². The van der Waals surface area contributed by atoms with Gasteiger partial charge in [0, 0.05) is 6.54 Å². The molecule has 2 amide bonds. The first kappa shape index (κ1) is 20.7. The number of hydrogen-bond donors (Lipinski definition) is 1. The van der Waals surface area contributed by atoms with Crippen LogP contribution in [0, 0.1) is 5.92 Å². The van der Waals surface area contributed by atoms with E-state index >= 15 is 0 Å². The zero-order valence-electron chi connectivity index (χ0n) is 16.1. The molecule has 0 atom stereocenters. The predicted molar refractivity (Wildman–Crippen MR) is 94.0 cm³/mol. The molecule has 1 aliphatic rings. The van der Waals surface area contributed by atoms with E-state index in [9.17, 15) is 9.59 Å². The fourth-order valence-corrected chi connectivity index (χ4v) is 2.60. The number of rotatable bonds is 4. The van der Waals surface area contributed by atoms with Gasteiger partial charge >= 0.3 is 12.2 Å². The number of hydrogen-bond acceptors (Lipinski definition) is 5. The molecule has 1 heterocycles. The number of amides is 2. The van der Waals surface area contributed by atoms with Gasteiger partial charge in [0.05, 0.1) is 0 Å². The van der Waals surface area contributed by atoms with Gasteiger partial charge in [-0.1, -0.05) is 0 Å². The molecular weight excluding hydrogens is 308 g/mol. The van der Waals surface area contributed by atoms with Crippen LogP contribution in [-0.4, -0.2) is 47.9 Å². The smallest absolute Gasteiger partial charge is 0.419 e. The van der Waals surface area contributed by atoms with Gasteiger partial charge in [0.1, 0.15) is 11.2 Å². The largest absolute Gasteiger partial charge is 0.443 e. The van der Waals surface area contributed by atoms with Crippen LogP contribution >= 0.6 is 0 Å². The molecular formula is C18H34N2O4. The van der Waals surface area contributed by atoms with Gasteiger partial charge in [-0.05, 0) is 86.2 Å². The third-order valence-corrected chi connectivity index (χ3v) is 3.68. The van der Waals surface area contributed by atoms with Crippen LogP contribution in [-0.2, 0) is 9.47 Å². The van der Waals surface area contributed by atoms with E-state index in [0.29, 0.717) is 12.5 Å². The van der Waals surface area contributed by atoms with E-state index in [1.165, 1.54) is 0 Å². The van der Waals surface area contributed by atoms with E-state index in [1.54, 1.807) is 41.5 Å². The van der Waals surface area contributed by atoms with E-state index in [1.807, 2.05) is 0 Å². The van der Waals surface area contributed by atoms with E-state index < -0.39 is 23.4 Å². The fourth-order valence-electron chi connectivity index (χ4n) is 2.60. The van der Waals surface area contributed by atoms with Crippen molar-refractivity contribution in [2.75, 3.05) is 19.6 Å². The summed E-state index contributed by atoms with van der Waals surface area (Å²) < 4.78 is 10.7. The molecule has 1 rings (SSSR count). The Kier molecular flexibility index (Phi) is 7.52. The molecule has 0 unspecified atom stereocenters. The molecule has 24 heavy (non-hydrogen) atoms. The predicted octanol–water partition coefficient (Wildman–Crippen LogP) is 3.94. The van der Waals surface area contributed by atoms with Gasteiger partial charge in [0.25, 0.3) is 0 Å². The van der Waals surface area contributed by atoms with Gasteiger partial charge < -0.3 is 14.8 Å². The van der Waals surface area contributed by atoms with Gasteiger partial charge in [0.15, 0.2) is 0 Å². The van der Waals surface area contributed by atoms with Gasteiger partial charge in [-0.2, -0.15) is 0 Å². The Hall–Kier alpha value is -1.30. The van der Waals surface area contributed by atoms with Gasteiger partial charge in [-0.25, -0.2) is 14.5 Å². The molecule has 6 heteroatoms. The maximum atomic E-state index is 12.4. The zero-order chi connectivity index (χ0) is 18.4. The second-order valence-electron chi connectivity index (χ2n) is 8.45. The lowest BCUT2D eigenvalue weighted by atomic mass is 9.93. The first-order valence-electron chi connectivity index (χ1n) is 8.92. The van der Waals surface area contributed by atoms with Crippen LogP contribution in [0.5, 0.6) is 0 Å². The van der Waals surface area contributed by atoms with Crippen molar-refractivity contribution >= 4 is 12.2 Å². The van der Waals surface area contributed by atoms with Crippen LogP contribution in [0.3, 0.4) is 0 Å². The van der Waals surface area contributed by atoms with Crippen molar-refractivity contribution < 1.29 is 19.1 Å². The van der Waals surface area contributed by atoms with E-state index in [-0.39, 0.29) is 0 Å². The van der Waals surface area contributed by atoms with Crippen molar-refractivity contribution in [3.63, 3.8) is 0 Å². The maximum absolute atomic E-state index is 12.4. The fraction of sp³-hybridized carbons (Fsp3) is 0.889. The first-order valence-corrected chi connectivity index (χ1v) is 8.92. The number of carbonyl (C=O) groups excluding carboxylic acids is 2. The van der Waals surface area contributed by atoms with Crippen molar-refractivity contribution in [1.29, 1.82) is 0 Å². The molecule has 1 saturated heterocycles. The standard InChI is InChI=1S/C18H34N2O4/c1-17(2,3)23-15(21)20(16(22)24-18(4,5)6)13-7-8-14-9-11-19-12-10-14/h14,19H,7-13H2,1-6H3. The lowest BCUT2D eigenvalue weighted by Gasteiger charge is -2.29. The molecule has 0 aromatic rings. The Labute approximate surface area is 146 Å². The third kappa shape index (κ3) is 8.52. The molecule has 0 saturated carbocycles. The Morgan fingerprint density at radius 3 is 1.83 bits per heavy atom. The molecule has 140 valence electrons. The molecule has 0 aromatic carbocycles. The summed E-state index contributed by atoms with van der Waals surface area (Å²) in [5.41, 5.74) is -1.29. The monoisotopic (exact) mass is 342 g/mol. The normalized spacial score (nSPS) is 16.6. The third-order valence-electron chi connectivity index (χ3n) is 3.68. The quantitative estimate of drug-likeness (QED) is 0.838. The van der Waals surface area contributed by atoms with E-state index in [2.05, 4.69) is 5.32 Å². The number of imide groups is 1. The maximum Gasteiger partial charge on any atom is 0.419 e. The number of nitrogens with one attached hydrogen (secondary N) is 1. The van der Waals surface area contributed by atoms with Crippen molar-refractivity contribution in [3.8, 4) is 0 Å². The SMILES string of the molecule is CC(C)(C)OC(=O)N(CCCC1CCNCC1)C(=O)OC(C)(C)C. The van der Waals surface area contributed by atoms with Crippen molar-refractivity contribution in [1.82, 2.24) is 10.2 Å². The van der Waals surface area contributed by atoms with Gasteiger partial charge in [-0.15, -0.1) is 0 Å². The van der Waals surface area contributed by atoms with Crippen molar-refractivity contribution in [2.45, 2.75) is 78.4 Å². The average molecular weight is 342 g/mol. The lowest BCUT2D eigenvalue weighted by molar-refractivity contribution is 0.000951. The van der Waals surface area contributed by atoms with Crippen molar-refractivity contribution in [2.24, 2.45) is 5.92 Å². The van der Waals surface area contributed by atoms with Crippen LogP contribution in [0.25, 0.3) is 0 Å². The first-order chi connectivity index (χ1) is 11.0. The second kappa shape index (κ2) is 8.70. The summed E-state index contributed by atoms with van der Waals surface area (Å²) in [5, 5.41) is 3.34. The van der Waals surface area contributed by atoms with E-state index in [0.717, 1.165) is 43.7 Å². The summed E-state index contributed by atoms with van der Waals surface area (Å²) in [5.74, 6) is 0.658. The van der Waals surface area contributed by atoms with Gasteiger partial charge in [-0.3, -0.25) is 0 Å². The Bertz CT molecular complexity index is 390. The van der Waals surface area contributed by atoms with Crippen LogP contribution in [0.4, 0.5) is 9.59 Å². The second-order valence-corrected chi connectivity index (χ2v) is 8.45. The van der Waals surface area contributed by atoms with Crippen LogP contribution in [0.2, 0.25) is 0 Å². The van der Waals surface area contributed by atoms with Gasteiger partial charge in [0.2, 0.25) is 0 Å². The van der Waals surface area contributed by atoms with Crippen LogP contribution in [0.15, 0.2) is 0 Å². The molecule has 0 spiro atoms. The summed E-state index contributed by atoms with van der Waals surface area (Å²) in [4.78, 5) is 25.8. The van der Waals surface area contributed by atoms with E-state index in [4.69, 9.17) is 9.47 Å². The Morgan fingerprint density at radius 1 is 0.958 bits per heavy atom. The summed E-state index contributed by atoms with van der Waals surface area (Å²) in [6.07, 6.45) is 2.80. The Balaban J connectivity index is 2.62. The highest BCUT2D eigenvalue weighted by Gasteiger charge is 2.31. The highest BCUT2D eigenvalue weighted by Crippen LogP contribution is 2.20. The summed E-state index contributed by atoms with van der Waals surface area (Å²) in [6.45, 7) is 13.1. The molecule has 0 aromatic heterocycles. The van der Waals surface area contributed by atoms with Crippen LogP contribution < -0.4 is 5.32 Å². The Morgan fingerprint density at radius 2 is 1.42 bits per heavy atom. The molecule has 6 nitrogen and oxygen atoms in total. The lowest BCUT2D eigenvalue weighted by Crippen LogP contribution is -2.44. The summed E-state index contributed by atoms with van der Waals surface area (Å²) in [6, 6.07) is 0. The number of carbonyl (C=O) groups is 2. The summed E-state index contributed by atoms with van der Waals surface area (Å²) in [7, 11) is 0.